The van der Waals surface area contributed by atoms with E-state index in [-0.39, 0.29) is 29.1 Å². The van der Waals surface area contributed by atoms with Crippen LogP contribution in [-0.2, 0) is 9.53 Å². The van der Waals surface area contributed by atoms with Crippen molar-refractivity contribution < 1.29 is 9.53 Å². The maximum atomic E-state index is 11.6. The second-order valence-electron chi connectivity index (χ2n) is 5.82. The molecule has 0 aliphatic heterocycles. The van der Waals surface area contributed by atoms with E-state index in [1.165, 1.54) is 18.4 Å². The predicted molar refractivity (Wildman–Crippen MR) is 85.9 cm³/mol. The van der Waals surface area contributed by atoms with Crippen LogP contribution in [0.5, 0.6) is 0 Å². The quantitative estimate of drug-likeness (QED) is 0.684. The summed E-state index contributed by atoms with van der Waals surface area (Å²) >= 11 is 7.47. The van der Waals surface area contributed by atoms with E-state index in [0.29, 0.717) is 5.82 Å². The van der Waals surface area contributed by atoms with E-state index in [1.54, 1.807) is 0 Å². The van der Waals surface area contributed by atoms with Crippen molar-refractivity contribution >= 4 is 44.9 Å². The molecule has 2 aromatic rings. The smallest absolute Gasteiger partial charge is 0.307 e. The lowest BCUT2D eigenvalue weighted by atomic mass is 9.84. The molecule has 0 saturated heterocycles. The molecule has 2 aromatic heterocycles. The van der Waals surface area contributed by atoms with Crippen LogP contribution in [0.3, 0.4) is 0 Å². The molecule has 0 amide bonds. The van der Waals surface area contributed by atoms with E-state index in [0.717, 1.165) is 10.2 Å². The van der Waals surface area contributed by atoms with Gasteiger partial charge in [-0.2, -0.15) is 0 Å². The van der Waals surface area contributed by atoms with Gasteiger partial charge in [-0.1, -0.05) is 20.8 Å². The van der Waals surface area contributed by atoms with E-state index >= 15 is 0 Å². The Balaban J connectivity index is 2.34. The molecular weight excluding hydrogens is 310 g/mol. The topological polar surface area (TPSA) is 64.1 Å². The van der Waals surface area contributed by atoms with Crippen molar-refractivity contribution in [3.05, 3.63) is 16.7 Å². The molecule has 1 atom stereocenters. The van der Waals surface area contributed by atoms with Crippen LogP contribution in [0.4, 0.5) is 5.82 Å². The molecule has 2 heterocycles. The minimum atomic E-state index is -0.260. The molecule has 114 valence electrons. The fourth-order valence-corrected chi connectivity index (χ4v) is 2.91. The lowest BCUT2D eigenvalue weighted by molar-refractivity contribution is -0.141. The standard InChI is InChI=1S/C14H18ClN3O2S/c1-14(2,3)9(7-10(19)20-4)16-11-8-5-6-21-12(8)18-13(15)17-11/h5-6,9H,7H2,1-4H3,(H,16,17,18)/t9-/m1/s1. The van der Waals surface area contributed by atoms with Crippen molar-refractivity contribution in [2.75, 3.05) is 12.4 Å². The van der Waals surface area contributed by atoms with Crippen molar-refractivity contribution in [1.82, 2.24) is 9.97 Å². The summed E-state index contributed by atoms with van der Waals surface area (Å²) in [5.74, 6) is 0.388. The fraction of sp³-hybridized carbons (Fsp3) is 0.500. The van der Waals surface area contributed by atoms with E-state index < -0.39 is 0 Å². The summed E-state index contributed by atoms with van der Waals surface area (Å²) in [6.07, 6.45) is 0.257. The van der Waals surface area contributed by atoms with E-state index in [4.69, 9.17) is 16.3 Å². The number of ether oxygens (including phenoxy) is 1. The third-order valence-electron chi connectivity index (χ3n) is 3.25. The highest BCUT2D eigenvalue weighted by molar-refractivity contribution is 7.16. The Morgan fingerprint density at radius 2 is 2.19 bits per heavy atom. The number of aromatic nitrogens is 2. The third kappa shape index (κ3) is 3.83. The Hall–Kier alpha value is -1.40. The third-order valence-corrected chi connectivity index (χ3v) is 4.23. The Kier molecular flexibility index (Phi) is 4.68. The van der Waals surface area contributed by atoms with Crippen LogP contribution in [0.15, 0.2) is 11.4 Å². The molecule has 0 fully saturated rings. The van der Waals surface area contributed by atoms with Gasteiger partial charge >= 0.3 is 5.97 Å². The molecule has 7 heteroatoms. The highest BCUT2D eigenvalue weighted by atomic mass is 35.5. The number of rotatable bonds is 4. The number of anilines is 1. The molecule has 1 N–H and O–H groups in total. The highest BCUT2D eigenvalue weighted by Crippen LogP contribution is 2.31. The second kappa shape index (κ2) is 6.15. The zero-order valence-electron chi connectivity index (χ0n) is 12.4. The molecule has 0 saturated carbocycles. The first-order chi connectivity index (χ1) is 9.81. The number of carbonyl (C=O) groups is 1. The number of thiophene rings is 1. The summed E-state index contributed by atoms with van der Waals surface area (Å²) in [6.45, 7) is 6.17. The number of esters is 1. The van der Waals surface area contributed by atoms with Crippen LogP contribution in [0.2, 0.25) is 5.28 Å². The first-order valence-electron chi connectivity index (χ1n) is 6.55. The minimum absolute atomic E-state index is 0.126. The summed E-state index contributed by atoms with van der Waals surface area (Å²) in [4.78, 5) is 20.9. The van der Waals surface area contributed by atoms with E-state index in [2.05, 4.69) is 36.1 Å². The first-order valence-corrected chi connectivity index (χ1v) is 7.81. The van der Waals surface area contributed by atoms with Crippen LogP contribution in [0.25, 0.3) is 10.2 Å². The number of carbonyl (C=O) groups excluding carboxylic acids is 1. The lowest BCUT2D eigenvalue weighted by Gasteiger charge is -2.31. The van der Waals surface area contributed by atoms with E-state index in [1.807, 2.05) is 11.4 Å². The van der Waals surface area contributed by atoms with Gasteiger partial charge in [0.15, 0.2) is 0 Å². The summed E-state index contributed by atoms with van der Waals surface area (Å²) in [5, 5.41) is 6.36. The number of nitrogens with one attached hydrogen (secondary N) is 1. The van der Waals surface area contributed by atoms with Gasteiger partial charge in [-0.15, -0.1) is 11.3 Å². The molecule has 5 nitrogen and oxygen atoms in total. The maximum Gasteiger partial charge on any atom is 0.307 e. The Morgan fingerprint density at radius 3 is 2.81 bits per heavy atom. The Bertz CT molecular complexity index is 651. The first kappa shape index (κ1) is 16.0. The highest BCUT2D eigenvalue weighted by Gasteiger charge is 2.28. The van der Waals surface area contributed by atoms with Gasteiger partial charge in [0.25, 0.3) is 0 Å². The molecule has 0 spiro atoms. The number of hydrogen-bond acceptors (Lipinski definition) is 6. The van der Waals surface area contributed by atoms with Gasteiger partial charge < -0.3 is 10.1 Å². The van der Waals surface area contributed by atoms with Crippen LogP contribution in [0.1, 0.15) is 27.2 Å². The molecule has 0 unspecified atom stereocenters. The molecule has 0 bridgehead atoms. The van der Waals surface area contributed by atoms with Crippen molar-refractivity contribution in [2.45, 2.75) is 33.2 Å². The predicted octanol–water partition coefficient (Wildman–Crippen LogP) is 3.73. The summed E-state index contributed by atoms with van der Waals surface area (Å²) in [5.41, 5.74) is -0.145. The van der Waals surface area contributed by atoms with Crippen molar-refractivity contribution in [2.24, 2.45) is 5.41 Å². The molecular formula is C14H18ClN3O2S. The van der Waals surface area contributed by atoms with Gasteiger partial charge in [0, 0.05) is 6.04 Å². The van der Waals surface area contributed by atoms with Crippen LogP contribution in [-0.4, -0.2) is 29.1 Å². The number of halogens is 1. The molecule has 0 aliphatic carbocycles. The lowest BCUT2D eigenvalue weighted by Crippen LogP contribution is -2.36. The molecule has 0 aromatic carbocycles. The van der Waals surface area contributed by atoms with Gasteiger partial charge in [0.05, 0.1) is 18.9 Å². The van der Waals surface area contributed by atoms with Gasteiger partial charge in [-0.05, 0) is 28.5 Å². The number of nitrogens with zero attached hydrogens (tertiary/aromatic N) is 2. The molecule has 0 aliphatic rings. The van der Waals surface area contributed by atoms with Gasteiger partial charge in [0.2, 0.25) is 5.28 Å². The minimum Gasteiger partial charge on any atom is -0.469 e. The van der Waals surface area contributed by atoms with Gasteiger partial charge in [-0.25, -0.2) is 9.97 Å². The number of methoxy groups -OCH3 is 1. The van der Waals surface area contributed by atoms with Crippen LogP contribution < -0.4 is 5.32 Å². The van der Waals surface area contributed by atoms with Gasteiger partial charge in [0.1, 0.15) is 10.6 Å². The summed E-state index contributed by atoms with van der Waals surface area (Å²) in [7, 11) is 1.39. The normalized spacial score (nSPS) is 13.2. The van der Waals surface area contributed by atoms with E-state index in [9.17, 15) is 4.79 Å². The maximum absolute atomic E-state index is 11.6. The van der Waals surface area contributed by atoms with Crippen molar-refractivity contribution in [1.29, 1.82) is 0 Å². The molecule has 2 rings (SSSR count). The Morgan fingerprint density at radius 1 is 1.48 bits per heavy atom. The largest absolute Gasteiger partial charge is 0.469 e. The average Bonchev–Trinajstić information content (AvgIpc) is 2.84. The molecule has 0 radical (unpaired) electrons. The van der Waals surface area contributed by atoms with Crippen LogP contribution in [0, 0.1) is 5.41 Å². The summed E-state index contributed by atoms with van der Waals surface area (Å²) in [6, 6.07) is 1.82. The Labute approximate surface area is 132 Å². The fourth-order valence-electron chi connectivity index (χ4n) is 1.93. The second-order valence-corrected chi connectivity index (χ2v) is 7.06. The number of hydrogen-bond donors (Lipinski definition) is 1. The zero-order chi connectivity index (χ0) is 15.6. The average molecular weight is 328 g/mol. The van der Waals surface area contributed by atoms with Gasteiger partial charge in [-0.3, -0.25) is 4.79 Å². The summed E-state index contributed by atoms with van der Waals surface area (Å²) < 4.78 is 4.77. The molecule has 21 heavy (non-hydrogen) atoms. The van der Waals surface area contributed by atoms with Crippen molar-refractivity contribution in [3.8, 4) is 0 Å². The van der Waals surface area contributed by atoms with Crippen molar-refractivity contribution in [3.63, 3.8) is 0 Å². The number of fused-ring (bicyclic) bond motifs is 1. The zero-order valence-corrected chi connectivity index (χ0v) is 14.0. The monoisotopic (exact) mass is 327 g/mol. The SMILES string of the molecule is COC(=O)C[C@@H](Nc1nc(Cl)nc2sccc12)C(C)(C)C. The van der Waals surface area contributed by atoms with Crippen LogP contribution >= 0.6 is 22.9 Å².